The lowest BCUT2D eigenvalue weighted by molar-refractivity contribution is -0.117. The van der Waals surface area contributed by atoms with Crippen LogP contribution in [0.5, 0.6) is 5.75 Å². The van der Waals surface area contributed by atoms with Crippen molar-refractivity contribution in [3.8, 4) is 5.75 Å². The highest BCUT2D eigenvalue weighted by Crippen LogP contribution is 2.16. The molecule has 1 N–H and O–H groups in total. The Labute approximate surface area is 137 Å². The van der Waals surface area contributed by atoms with Crippen LogP contribution in [-0.4, -0.2) is 20.8 Å². The topological polar surface area (TPSA) is 62.1 Å². The van der Waals surface area contributed by atoms with Gasteiger partial charge in [0.1, 0.15) is 12.4 Å². The van der Waals surface area contributed by atoms with Crippen molar-refractivity contribution in [2.45, 2.75) is 6.61 Å². The first-order valence-electron chi connectivity index (χ1n) is 6.27. The first kappa shape index (κ1) is 16.1. The maximum absolute atomic E-state index is 11.6. The summed E-state index contributed by atoms with van der Waals surface area (Å²) in [5.41, 5.74) is 1.14. The molecule has 0 fully saturated rings. The number of hydrogen-bond acceptors (Lipinski definition) is 4. The summed E-state index contributed by atoms with van der Waals surface area (Å²) in [6, 6.07) is 16.2. The number of rotatable bonds is 5. The van der Waals surface area contributed by atoms with Crippen LogP contribution in [0.15, 0.2) is 59.8 Å². The molecule has 0 saturated heterocycles. The Morgan fingerprint density at radius 1 is 1.09 bits per heavy atom. The molecule has 0 radical (unpaired) electrons. The molecule has 0 atom stereocenters. The van der Waals surface area contributed by atoms with E-state index in [1.807, 2.05) is 30.3 Å². The zero-order valence-electron chi connectivity index (χ0n) is 11.3. The van der Waals surface area contributed by atoms with E-state index >= 15 is 0 Å². The molecule has 5 nitrogen and oxygen atoms in total. The minimum atomic E-state index is -0.830. The second kappa shape index (κ2) is 7.68. The van der Waals surface area contributed by atoms with Gasteiger partial charge in [0, 0.05) is 29.1 Å². The van der Waals surface area contributed by atoms with E-state index < -0.39 is 5.91 Å². The third-order valence-electron chi connectivity index (χ3n) is 2.83. The van der Waals surface area contributed by atoms with E-state index in [4.69, 9.17) is 33.5 Å². The highest BCUT2D eigenvalue weighted by Gasteiger charge is 2.19. The van der Waals surface area contributed by atoms with E-state index in [0.29, 0.717) is 21.9 Å². The van der Waals surface area contributed by atoms with E-state index in [9.17, 15) is 4.79 Å². The number of ether oxygens (including phenoxy) is 1. The van der Waals surface area contributed by atoms with Crippen molar-refractivity contribution >= 4 is 35.2 Å². The Morgan fingerprint density at radius 3 is 2.27 bits per heavy atom. The molecule has 0 aliphatic heterocycles. The Balaban J connectivity index is 2.05. The molecule has 0 saturated carbocycles. The van der Waals surface area contributed by atoms with Crippen LogP contribution in [0.4, 0.5) is 0 Å². The van der Waals surface area contributed by atoms with Crippen LogP contribution in [0.1, 0.15) is 11.1 Å². The van der Waals surface area contributed by atoms with Crippen molar-refractivity contribution in [3.63, 3.8) is 0 Å². The normalized spacial score (nSPS) is 11.1. The van der Waals surface area contributed by atoms with Gasteiger partial charge in [-0.2, -0.15) is 3.94 Å². The fraction of sp³-hybridized carbons (Fsp3) is 0.0667. The lowest BCUT2D eigenvalue weighted by Gasteiger charge is -2.09. The van der Waals surface area contributed by atoms with E-state index in [-0.39, 0.29) is 5.71 Å². The fourth-order valence-corrected chi connectivity index (χ4v) is 1.91. The monoisotopic (exact) mass is 338 g/mol. The summed E-state index contributed by atoms with van der Waals surface area (Å²) in [7, 11) is 0. The highest BCUT2D eigenvalue weighted by molar-refractivity contribution is 6.57. The summed E-state index contributed by atoms with van der Waals surface area (Å²) in [5, 5.41) is 11.8. The average molecular weight is 339 g/mol. The SMILES string of the molecule is O=C(/C(=N\O)c1ccc(OCc2ccccc2)cc1)N(Cl)Cl. The number of amides is 1. The summed E-state index contributed by atoms with van der Waals surface area (Å²) < 4.78 is 5.92. The van der Waals surface area contributed by atoms with Gasteiger partial charge in [0.05, 0.1) is 0 Å². The molecule has 0 unspecified atom stereocenters. The van der Waals surface area contributed by atoms with Gasteiger partial charge in [-0.1, -0.05) is 35.5 Å². The summed E-state index contributed by atoms with van der Waals surface area (Å²) in [4.78, 5) is 11.6. The van der Waals surface area contributed by atoms with Crippen LogP contribution in [0.3, 0.4) is 0 Å². The highest BCUT2D eigenvalue weighted by atomic mass is 35.5. The molecular weight excluding hydrogens is 327 g/mol. The molecule has 0 spiro atoms. The fourth-order valence-electron chi connectivity index (χ4n) is 1.75. The zero-order chi connectivity index (χ0) is 15.9. The van der Waals surface area contributed by atoms with E-state index in [1.54, 1.807) is 24.3 Å². The van der Waals surface area contributed by atoms with Gasteiger partial charge >= 0.3 is 5.91 Å². The molecule has 0 aliphatic carbocycles. The molecule has 7 heteroatoms. The maximum atomic E-state index is 11.6. The number of carbonyl (C=O) groups excluding carboxylic acids is 1. The summed E-state index contributed by atoms with van der Waals surface area (Å²) >= 11 is 10.7. The Morgan fingerprint density at radius 2 is 1.73 bits per heavy atom. The minimum absolute atomic E-state index is 0.264. The molecule has 2 aromatic rings. The molecule has 0 aliphatic rings. The maximum Gasteiger partial charge on any atom is 0.305 e. The summed E-state index contributed by atoms with van der Waals surface area (Å²) in [6.45, 7) is 0.428. The number of benzene rings is 2. The summed E-state index contributed by atoms with van der Waals surface area (Å²) in [6.07, 6.45) is 0. The van der Waals surface area contributed by atoms with Gasteiger partial charge < -0.3 is 9.94 Å². The van der Waals surface area contributed by atoms with Crippen LogP contribution in [0.25, 0.3) is 0 Å². The average Bonchev–Trinajstić information content (AvgIpc) is 2.55. The zero-order valence-corrected chi connectivity index (χ0v) is 12.8. The Kier molecular flexibility index (Phi) is 5.63. The molecule has 0 bridgehead atoms. The first-order chi connectivity index (χ1) is 10.6. The van der Waals surface area contributed by atoms with Gasteiger partial charge in [0.15, 0.2) is 5.71 Å². The van der Waals surface area contributed by atoms with Gasteiger partial charge in [-0.25, -0.2) is 0 Å². The van der Waals surface area contributed by atoms with Gasteiger partial charge in [-0.15, -0.1) is 0 Å². The quantitative estimate of drug-likeness (QED) is 0.392. The van der Waals surface area contributed by atoms with Crippen LogP contribution >= 0.6 is 23.6 Å². The van der Waals surface area contributed by atoms with Crippen molar-refractivity contribution in [1.29, 1.82) is 0 Å². The van der Waals surface area contributed by atoms with Crippen molar-refractivity contribution in [2.75, 3.05) is 0 Å². The number of oxime groups is 1. The van der Waals surface area contributed by atoms with Crippen molar-refractivity contribution in [2.24, 2.45) is 5.16 Å². The van der Waals surface area contributed by atoms with Crippen molar-refractivity contribution in [1.82, 2.24) is 3.94 Å². The Hall–Kier alpha value is -2.24. The molecule has 2 aromatic carbocycles. The first-order valence-corrected chi connectivity index (χ1v) is 6.94. The second-order valence-corrected chi connectivity index (χ2v) is 5.13. The number of halogens is 2. The third kappa shape index (κ3) is 4.13. The predicted octanol–water partition coefficient (Wildman–Crippen LogP) is 3.58. The minimum Gasteiger partial charge on any atom is -0.489 e. The lowest BCUT2D eigenvalue weighted by Crippen LogP contribution is -2.23. The van der Waals surface area contributed by atoms with Crippen molar-refractivity contribution in [3.05, 3.63) is 65.7 Å². The largest absolute Gasteiger partial charge is 0.489 e. The van der Waals surface area contributed by atoms with E-state index in [1.165, 1.54) is 0 Å². The molecule has 1 amide bonds. The molecule has 114 valence electrons. The van der Waals surface area contributed by atoms with Crippen LogP contribution in [0.2, 0.25) is 0 Å². The van der Waals surface area contributed by atoms with Gasteiger partial charge in [0.2, 0.25) is 0 Å². The van der Waals surface area contributed by atoms with Crippen LogP contribution < -0.4 is 4.74 Å². The molecule has 22 heavy (non-hydrogen) atoms. The molecule has 0 aromatic heterocycles. The number of hydrogen-bond donors (Lipinski definition) is 1. The van der Waals surface area contributed by atoms with Crippen molar-refractivity contribution < 1.29 is 14.7 Å². The number of carbonyl (C=O) groups is 1. The smallest absolute Gasteiger partial charge is 0.305 e. The van der Waals surface area contributed by atoms with Crippen LogP contribution in [0, 0.1) is 0 Å². The summed E-state index contributed by atoms with van der Waals surface area (Å²) in [5.74, 6) is -0.213. The van der Waals surface area contributed by atoms with Gasteiger partial charge in [0.25, 0.3) is 0 Å². The molecule has 2 rings (SSSR count). The van der Waals surface area contributed by atoms with E-state index in [0.717, 1.165) is 5.56 Å². The van der Waals surface area contributed by atoms with E-state index in [2.05, 4.69) is 5.16 Å². The standard InChI is InChI=1S/C15H12Cl2N2O3/c16-19(17)15(20)14(18-21)12-6-8-13(9-7-12)22-10-11-4-2-1-3-5-11/h1-9,21H,10H2/b18-14-. The number of nitrogens with zero attached hydrogens (tertiary/aromatic N) is 2. The lowest BCUT2D eigenvalue weighted by atomic mass is 10.1. The second-order valence-electron chi connectivity index (χ2n) is 4.29. The molecule has 0 heterocycles. The predicted molar refractivity (Wildman–Crippen MR) is 84.1 cm³/mol. The van der Waals surface area contributed by atoms with Gasteiger partial charge in [-0.05, 0) is 29.8 Å². The third-order valence-corrected chi connectivity index (χ3v) is 3.14. The molecular formula is C15H12Cl2N2O3. The van der Waals surface area contributed by atoms with Crippen LogP contribution in [-0.2, 0) is 11.4 Å². The Bertz CT molecular complexity index is 658. The van der Waals surface area contributed by atoms with Gasteiger partial charge in [-0.3, -0.25) is 4.79 Å².